The van der Waals surface area contributed by atoms with Crippen LogP contribution >= 0.6 is 0 Å². The Labute approximate surface area is 156 Å². The maximum absolute atomic E-state index is 12.7. The fraction of sp³-hybridized carbons (Fsp3) is 0.409. The normalized spacial score (nSPS) is 16.4. The van der Waals surface area contributed by atoms with Gasteiger partial charge in [-0.05, 0) is 56.0 Å². The average Bonchev–Trinajstić information content (AvgIpc) is 2.66. The molecule has 1 aliphatic rings. The van der Waals surface area contributed by atoms with Gasteiger partial charge in [-0.1, -0.05) is 36.4 Å². The summed E-state index contributed by atoms with van der Waals surface area (Å²) in [6.45, 7) is 11.8. The van der Waals surface area contributed by atoms with Gasteiger partial charge in [-0.3, -0.25) is 4.90 Å². The summed E-state index contributed by atoms with van der Waals surface area (Å²) in [5, 5.41) is 3.09. The van der Waals surface area contributed by atoms with E-state index in [1.54, 1.807) is 0 Å². The standard InChI is InChI=1S/C22H29N3O/c1-16-14-18(3)21(15-17(16)2)23-22(26)25-12-10-24(11-13-25)19(4)20-8-6-5-7-9-20/h5-9,14-15,19H,10-13H2,1-4H3,(H,23,26). The summed E-state index contributed by atoms with van der Waals surface area (Å²) in [5.74, 6) is 0. The Hall–Kier alpha value is -2.33. The summed E-state index contributed by atoms with van der Waals surface area (Å²) < 4.78 is 0. The van der Waals surface area contributed by atoms with E-state index in [0.717, 1.165) is 37.4 Å². The molecule has 0 spiro atoms. The first-order chi connectivity index (χ1) is 12.5. The van der Waals surface area contributed by atoms with Crippen molar-refractivity contribution in [3.63, 3.8) is 0 Å². The number of rotatable bonds is 3. The van der Waals surface area contributed by atoms with Gasteiger partial charge >= 0.3 is 6.03 Å². The molecule has 1 heterocycles. The number of carbonyl (C=O) groups excluding carboxylic acids is 1. The number of hydrogen-bond donors (Lipinski definition) is 1. The lowest BCUT2D eigenvalue weighted by Crippen LogP contribution is -2.50. The molecule has 1 unspecified atom stereocenters. The highest BCUT2D eigenvalue weighted by Gasteiger charge is 2.25. The lowest BCUT2D eigenvalue weighted by Gasteiger charge is -2.38. The first-order valence-electron chi connectivity index (χ1n) is 9.38. The predicted octanol–water partition coefficient (Wildman–Crippen LogP) is 4.52. The highest BCUT2D eigenvalue weighted by Crippen LogP contribution is 2.23. The van der Waals surface area contributed by atoms with E-state index >= 15 is 0 Å². The number of urea groups is 1. The molecule has 2 aromatic carbocycles. The van der Waals surface area contributed by atoms with Crippen LogP contribution < -0.4 is 5.32 Å². The highest BCUT2D eigenvalue weighted by atomic mass is 16.2. The molecule has 1 aliphatic heterocycles. The van der Waals surface area contributed by atoms with Crippen molar-refractivity contribution >= 4 is 11.7 Å². The van der Waals surface area contributed by atoms with Gasteiger partial charge in [0.2, 0.25) is 0 Å². The van der Waals surface area contributed by atoms with Crippen molar-refractivity contribution in [2.24, 2.45) is 0 Å². The molecule has 1 saturated heterocycles. The summed E-state index contributed by atoms with van der Waals surface area (Å²) >= 11 is 0. The summed E-state index contributed by atoms with van der Waals surface area (Å²) in [5.41, 5.74) is 5.81. The zero-order chi connectivity index (χ0) is 18.7. The second kappa shape index (κ2) is 7.92. The van der Waals surface area contributed by atoms with Crippen LogP contribution in [0.5, 0.6) is 0 Å². The van der Waals surface area contributed by atoms with Crippen LogP contribution in [0.4, 0.5) is 10.5 Å². The van der Waals surface area contributed by atoms with E-state index in [4.69, 9.17) is 0 Å². The third-order valence-electron chi connectivity index (χ3n) is 5.51. The van der Waals surface area contributed by atoms with Crippen LogP contribution in [0.3, 0.4) is 0 Å². The molecular formula is C22H29N3O. The Morgan fingerprint density at radius 1 is 0.923 bits per heavy atom. The predicted molar refractivity (Wildman–Crippen MR) is 108 cm³/mol. The minimum Gasteiger partial charge on any atom is -0.322 e. The molecule has 1 atom stereocenters. The molecular weight excluding hydrogens is 322 g/mol. The number of benzene rings is 2. The largest absolute Gasteiger partial charge is 0.322 e. The van der Waals surface area contributed by atoms with Crippen molar-refractivity contribution in [3.05, 3.63) is 64.7 Å². The third-order valence-corrected chi connectivity index (χ3v) is 5.51. The van der Waals surface area contributed by atoms with Gasteiger partial charge in [0.25, 0.3) is 0 Å². The first-order valence-corrected chi connectivity index (χ1v) is 9.38. The summed E-state index contributed by atoms with van der Waals surface area (Å²) in [7, 11) is 0. The van der Waals surface area contributed by atoms with E-state index in [1.807, 2.05) is 17.9 Å². The lowest BCUT2D eigenvalue weighted by molar-refractivity contribution is 0.119. The zero-order valence-electron chi connectivity index (χ0n) is 16.2. The van der Waals surface area contributed by atoms with Crippen molar-refractivity contribution in [2.75, 3.05) is 31.5 Å². The second-order valence-electron chi connectivity index (χ2n) is 7.29. The average molecular weight is 351 g/mol. The van der Waals surface area contributed by atoms with Crippen LogP contribution in [0, 0.1) is 20.8 Å². The molecule has 26 heavy (non-hydrogen) atoms. The van der Waals surface area contributed by atoms with Crippen molar-refractivity contribution < 1.29 is 4.79 Å². The summed E-state index contributed by atoms with van der Waals surface area (Å²) in [4.78, 5) is 17.0. The molecule has 138 valence electrons. The second-order valence-corrected chi connectivity index (χ2v) is 7.29. The fourth-order valence-corrected chi connectivity index (χ4v) is 3.54. The minimum absolute atomic E-state index is 0.00312. The summed E-state index contributed by atoms with van der Waals surface area (Å²) in [6, 6.07) is 15.1. The Balaban J connectivity index is 1.58. The molecule has 0 saturated carbocycles. The lowest BCUT2D eigenvalue weighted by atomic mass is 10.0. The number of hydrogen-bond acceptors (Lipinski definition) is 2. The van der Waals surface area contributed by atoms with Gasteiger partial charge in [-0.2, -0.15) is 0 Å². The Kier molecular flexibility index (Phi) is 5.62. The molecule has 0 radical (unpaired) electrons. The molecule has 3 rings (SSSR count). The van der Waals surface area contributed by atoms with Gasteiger partial charge in [0, 0.05) is 37.9 Å². The Bertz CT molecular complexity index is 764. The minimum atomic E-state index is 0.00312. The van der Waals surface area contributed by atoms with Crippen LogP contribution in [-0.2, 0) is 0 Å². The monoisotopic (exact) mass is 351 g/mol. The van der Waals surface area contributed by atoms with Gasteiger partial charge in [0.15, 0.2) is 0 Å². The summed E-state index contributed by atoms with van der Waals surface area (Å²) in [6.07, 6.45) is 0. The number of nitrogens with zero attached hydrogens (tertiary/aromatic N) is 2. The molecule has 4 heteroatoms. The van der Waals surface area contributed by atoms with Crippen molar-refractivity contribution in [3.8, 4) is 0 Å². The number of aryl methyl sites for hydroxylation is 3. The topological polar surface area (TPSA) is 35.6 Å². The van der Waals surface area contributed by atoms with E-state index in [2.05, 4.69) is 67.4 Å². The SMILES string of the molecule is Cc1cc(C)c(NC(=O)N2CCN(C(C)c3ccccc3)CC2)cc1C. The van der Waals surface area contributed by atoms with E-state index in [0.29, 0.717) is 6.04 Å². The van der Waals surface area contributed by atoms with Gasteiger partial charge in [0.05, 0.1) is 0 Å². The van der Waals surface area contributed by atoms with E-state index in [1.165, 1.54) is 16.7 Å². The van der Waals surface area contributed by atoms with E-state index < -0.39 is 0 Å². The maximum Gasteiger partial charge on any atom is 0.321 e. The molecule has 4 nitrogen and oxygen atoms in total. The molecule has 0 aromatic heterocycles. The molecule has 0 bridgehead atoms. The zero-order valence-corrected chi connectivity index (χ0v) is 16.2. The van der Waals surface area contributed by atoms with Gasteiger partial charge in [-0.25, -0.2) is 4.79 Å². The number of anilines is 1. The number of nitrogens with one attached hydrogen (secondary N) is 1. The number of piperazine rings is 1. The van der Waals surface area contributed by atoms with Crippen LogP contribution in [0.2, 0.25) is 0 Å². The molecule has 1 N–H and O–H groups in total. The number of amides is 2. The quantitative estimate of drug-likeness (QED) is 0.882. The smallest absolute Gasteiger partial charge is 0.321 e. The van der Waals surface area contributed by atoms with Gasteiger partial charge in [0.1, 0.15) is 0 Å². The molecule has 2 aromatic rings. The van der Waals surface area contributed by atoms with Crippen LogP contribution in [0.1, 0.15) is 35.2 Å². The van der Waals surface area contributed by atoms with Crippen molar-refractivity contribution in [1.82, 2.24) is 9.80 Å². The Morgan fingerprint density at radius 2 is 1.54 bits per heavy atom. The molecule has 0 aliphatic carbocycles. The highest BCUT2D eigenvalue weighted by molar-refractivity contribution is 5.90. The fourth-order valence-electron chi connectivity index (χ4n) is 3.54. The van der Waals surface area contributed by atoms with Gasteiger partial charge in [-0.15, -0.1) is 0 Å². The maximum atomic E-state index is 12.7. The van der Waals surface area contributed by atoms with Crippen molar-refractivity contribution in [2.45, 2.75) is 33.7 Å². The third kappa shape index (κ3) is 4.07. The van der Waals surface area contributed by atoms with Crippen molar-refractivity contribution in [1.29, 1.82) is 0 Å². The van der Waals surface area contributed by atoms with Crippen LogP contribution in [-0.4, -0.2) is 42.0 Å². The van der Waals surface area contributed by atoms with Crippen LogP contribution in [0.25, 0.3) is 0 Å². The van der Waals surface area contributed by atoms with E-state index in [9.17, 15) is 4.79 Å². The molecule has 2 amide bonds. The number of carbonyl (C=O) groups is 1. The first kappa shape index (κ1) is 18.5. The van der Waals surface area contributed by atoms with Gasteiger partial charge < -0.3 is 10.2 Å². The van der Waals surface area contributed by atoms with E-state index in [-0.39, 0.29) is 6.03 Å². The molecule has 1 fully saturated rings. The van der Waals surface area contributed by atoms with Crippen LogP contribution in [0.15, 0.2) is 42.5 Å². The Morgan fingerprint density at radius 3 is 2.19 bits per heavy atom.